The molecular formula is C18H15O3P. The highest BCUT2D eigenvalue weighted by atomic mass is 31.0. The second-order valence-electron chi connectivity index (χ2n) is 4.92. The van der Waals surface area contributed by atoms with Gasteiger partial charge in [0.2, 0.25) is 0 Å². The fourth-order valence-electron chi connectivity index (χ4n) is 2.33. The van der Waals surface area contributed by atoms with Gasteiger partial charge in [0.05, 0.1) is 9.47 Å². The van der Waals surface area contributed by atoms with Crippen LogP contribution in [0.15, 0.2) is 66.7 Å². The van der Waals surface area contributed by atoms with Crippen LogP contribution in [0, 0.1) is 0 Å². The number of rotatable bonds is 3. The van der Waals surface area contributed by atoms with Crippen molar-refractivity contribution in [3.8, 4) is 39.5 Å². The minimum absolute atomic E-state index is 0.229. The van der Waals surface area contributed by atoms with Gasteiger partial charge in [-0.1, -0.05) is 30.3 Å². The number of benzene rings is 3. The van der Waals surface area contributed by atoms with E-state index in [9.17, 15) is 10.2 Å². The first-order chi connectivity index (χ1) is 10.7. The van der Waals surface area contributed by atoms with Crippen LogP contribution >= 0.6 is 9.47 Å². The van der Waals surface area contributed by atoms with E-state index in [0.717, 1.165) is 28.0 Å². The lowest BCUT2D eigenvalue weighted by Crippen LogP contribution is -1.86. The standard InChI is InChI=1S/C18H15O3P/c19-15-6-1-12(2-7-15)14-5-10-18(21-22)17(11-14)13-3-8-16(20)9-4-13/h1-11,19-20H,22H2. The van der Waals surface area contributed by atoms with E-state index in [1.54, 1.807) is 24.3 Å². The summed E-state index contributed by atoms with van der Waals surface area (Å²) in [7, 11) is 2.26. The number of aromatic hydroxyl groups is 2. The summed E-state index contributed by atoms with van der Waals surface area (Å²) in [6.45, 7) is 0. The molecule has 2 N–H and O–H groups in total. The van der Waals surface area contributed by atoms with Gasteiger partial charge >= 0.3 is 0 Å². The highest BCUT2D eigenvalue weighted by molar-refractivity contribution is 7.10. The fraction of sp³-hybridized carbons (Fsp3) is 0. The van der Waals surface area contributed by atoms with Crippen LogP contribution in [0.4, 0.5) is 0 Å². The molecule has 0 aliphatic rings. The summed E-state index contributed by atoms with van der Waals surface area (Å²) in [5.74, 6) is 1.21. The minimum atomic E-state index is 0.229. The Balaban J connectivity index is 2.10. The second kappa shape index (κ2) is 6.08. The van der Waals surface area contributed by atoms with Crippen LogP contribution in [0.1, 0.15) is 0 Å². The molecule has 0 radical (unpaired) electrons. The van der Waals surface area contributed by atoms with E-state index in [1.165, 1.54) is 0 Å². The third-order valence-corrected chi connectivity index (χ3v) is 3.74. The van der Waals surface area contributed by atoms with Gasteiger partial charge in [-0.15, -0.1) is 0 Å². The Morgan fingerprint density at radius 1 is 0.636 bits per heavy atom. The Kier molecular flexibility index (Phi) is 3.99. The van der Waals surface area contributed by atoms with Gasteiger partial charge in [-0.2, -0.15) is 0 Å². The summed E-state index contributed by atoms with van der Waals surface area (Å²) in [5, 5.41) is 18.8. The first-order valence-corrected chi connectivity index (χ1v) is 7.24. The van der Waals surface area contributed by atoms with Crippen molar-refractivity contribution < 1.29 is 14.7 Å². The molecule has 0 saturated heterocycles. The lowest BCUT2D eigenvalue weighted by atomic mass is 9.98. The van der Waals surface area contributed by atoms with Crippen LogP contribution in [0.2, 0.25) is 0 Å². The van der Waals surface area contributed by atoms with E-state index >= 15 is 0 Å². The van der Waals surface area contributed by atoms with Gasteiger partial charge in [0.1, 0.15) is 17.2 Å². The molecule has 1 unspecified atom stereocenters. The molecular weight excluding hydrogens is 295 g/mol. The average molecular weight is 310 g/mol. The van der Waals surface area contributed by atoms with Crippen molar-refractivity contribution in [2.24, 2.45) is 0 Å². The maximum Gasteiger partial charge on any atom is 0.130 e. The van der Waals surface area contributed by atoms with Crippen molar-refractivity contribution in [3.05, 3.63) is 66.7 Å². The van der Waals surface area contributed by atoms with Gasteiger partial charge in [0.25, 0.3) is 0 Å². The topological polar surface area (TPSA) is 49.7 Å². The van der Waals surface area contributed by atoms with Crippen LogP contribution in [0.25, 0.3) is 22.3 Å². The van der Waals surface area contributed by atoms with Gasteiger partial charge in [-0.25, -0.2) is 0 Å². The summed E-state index contributed by atoms with van der Waals surface area (Å²) in [5.41, 5.74) is 3.92. The Bertz CT molecular complexity index is 780. The second-order valence-corrected chi connectivity index (χ2v) is 5.16. The van der Waals surface area contributed by atoms with Gasteiger partial charge < -0.3 is 14.7 Å². The molecule has 0 aromatic heterocycles. The van der Waals surface area contributed by atoms with Crippen molar-refractivity contribution in [2.75, 3.05) is 0 Å². The predicted octanol–water partition coefficient (Wildman–Crippen LogP) is 4.60. The lowest BCUT2D eigenvalue weighted by Gasteiger charge is -2.11. The van der Waals surface area contributed by atoms with Crippen molar-refractivity contribution in [2.45, 2.75) is 0 Å². The van der Waals surface area contributed by atoms with E-state index in [0.29, 0.717) is 0 Å². The molecule has 22 heavy (non-hydrogen) atoms. The van der Waals surface area contributed by atoms with Gasteiger partial charge in [0.15, 0.2) is 0 Å². The third-order valence-electron chi connectivity index (χ3n) is 3.49. The SMILES string of the molecule is Oc1ccc(-c2ccc(OP)c(-c3ccc(O)cc3)c2)cc1. The third kappa shape index (κ3) is 2.90. The summed E-state index contributed by atoms with van der Waals surface area (Å²) < 4.78 is 5.35. The summed E-state index contributed by atoms with van der Waals surface area (Å²) in [6, 6.07) is 19.9. The maximum absolute atomic E-state index is 9.43. The van der Waals surface area contributed by atoms with Gasteiger partial charge in [-0.3, -0.25) is 0 Å². The van der Waals surface area contributed by atoms with E-state index in [-0.39, 0.29) is 11.5 Å². The minimum Gasteiger partial charge on any atom is -0.508 e. The Morgan fingerprint density at radius 2 is 1.14 bits per heavy atom. The molecule has 3 nitrogen and oxygen atoms in total. The molecule has 0 amide bonds. The lowest BCUT2D eigenvalue weighted by molar-refractivity contribution is 0.475. The van der Waals surface area contributed by atoms with Crippen LogP contribution in [-0.4, -0.2) is 10.2 Å². The van der Waals surface area contributed by atoms with Gasteiger partial charge in [0, 0.05) is 5.56 Å². The van der Waals surface area contributed by atoms with E-state index in [1.807, 2.05) is 42.5 Å². The molecule has 0 spiro atoms. The zero-order valence-corrected chi connectivity index (χ0v) is 12.9. The summed E-state index contributed by atoms with van der Waals surface area (Å²) >= 11 is 0. The first kappa shape index (κ1) is 14.4. The van der Waals surface area contributed by atoms with E-state index in [2.05, 4.69) is 9.47 Å². The van der Waals surface area contributed by atoms with E-state index in [4.69, 9.17) is 4.52 Å². The fourth-order valence-corrected chi connectivity index (χ4v) is 2.54. The van der Waals surface area contributed by atoms with Crippen molar-refractivity contribution >= 4 is 9.47 Å². The summed E-state index contributed by atoms with van der Waals surface area (Å²) in [6.07, 6.45) is 0. The number of phenols is 2. The summed E-state index contributed by atoms with van der Waals surface area (Å²) in [4.78, 5) is 0. The average Bonchev–Trinajstić information content (AvgIpc) is 2.56. The van der Waals surface area contributed by atoms with Gasteiger partial charge in [-0.05, 0) is 53.1 Å². The van der Waals surface area contributed by atoms with Crippen molar-refractivity contribution in [1.29, 1.82) is 0 Å². The zero-order valence-electron chi connectivity index (χ0n) is 11.7. The molecule has 3 aromatic rings. The van der Waals surface area contributed by atoms with Crippen LogP contribution < -0.4 is 4.52 Å². The molecule has 0 aliphatic heterocycles. The highest BCUT2D eigenvalue weighted by Crippen LogP contribution is 2.36. The van der Waals surface area contributed by atoms with Crippen molar-refractivity contribution in [1.82, 2.24) is 0 Å². The molecule has 0 saturated carbocycles. The molecule has 0 heterocycles. The Labute approximate surface area is 131 Å². The molecule has 1 atom stereocenters. The molecule has 0 aliphatic carbocycles. The molecule has 4 heteroatoms. The monoisotopic (exact) mass is 310 g/mol. The van der Waals surface area contributed by atoms with Crippen LogP contribution in [-0.2, 0) is 0 Å². The molecule has 0 bridgehead atoms. The highest BCUT2D eigenvalue weighted by Gasteiger charge is 2.08. The predicted molar refractivity (Wildman–Crippen MR) is 91.0 cm³/mol. The van der Waals surface area contributed by atoms with E-state index < -0.39 is 0 Å². The first-order valence-electron chi connectivity index (χ1n) is 6.77. The molecule has 0 fully saturated rings. The molecule has 3 rings (SSSR count). The Hall–Kier alpha value is -2.51. The zero-order chi connectivity index (χ0) is 15.5. The number of hydrogen-bond donors (Lipinski definition) is 2. The quantitative estimate of drug-likeness (QED) is 0.695. The smallest absolute Gasteiger partial charge is 0.130 e. The maximum atomic E-state index is 9.43. The van der Waals surface area contributed by atoms with Crippen molar-refractivity contribution in [3.63, 3.8) is 0 Å². The number of hydrogen-bond acceptors (Lipinski definition) is 3. The number of phenolic OH excluding ortho intramolecular Hbond substituents is 2. The van der Waals surface area contributed by atoms with Crippen LogP contribution in [0.3, 0.4) is 0 Å². The Morgan fingerprint density at radius 3 is 1.68 bits per heavy atom. The molecule has 110 valence electrons. The largest absolute Gasteiger partial charge is 0.508 e. The van der Waals surface area contributed by atoms with Crippen LogP contribution in [0.5, 0.6) is 17.2 Å². The normalized spacial score (nSPS) is 10.4. The molecule has 3 aromatic carbocycles.